The lowest BCUT2D eigenvalue weighted by molar-refractivity contribution is 0.107. The Bertz CT molecular complexity index is 60.6. The molecule has 0 N–H and O–H groups in total. The molecule has 0 rings (SSSR count). The van der Waals surface area contributed by atoms with Crippen LogP contribution < -0.4 is 0 Å². The van der Waals surface area contributed by atoms with E-state index in [2.05, 4.69) is 0 Å². The van der Waals surface area contributed by atoms with Gasteiger partial charge in [-0.15, -0.1) is 0 Å². The lowest BCUT2D eigenvalue weighted by Gasteiger charge is -2.12. The van der Waals surface area contributed by atoms with Crippen molar-refractivity contribution in [2.24, 2.45) is 0 Å². The second kappa shape index (κ2) is 10.6. The Hall–Kier alpha value is 0.629. The van der Waals surface area contributed by atoms with Gasteiger partial charge in [0.2, 0.25) is 0 Å². The molecule has 0 saturated carbocycles. The minimum atomic E-state index is -1.73. The maximum absolute atomic E-state index is 5.22. The molecule has 0 aromatic heterocycles. The molecule has 0 aliphatic carbocycles. The van der Waals surface area contributed by atoms with Gasteiger partial charge < -0.3 is 13.3 Å². The van der Waals surface area contributed by atoms with Crippen LogP contribution in [0.3, 0.4) is 0 Å². The molecule has 0 unspecified atom stereocenters. The second-order valence-electron chi connectivity index (χ2n) is 1.65. The van der Waals surface area contributed by atoms with E-state index < -0.39 is 9.53 Å². The quantitative estimate of drug-likeness (QED) is 0.540. The molecule has 0 radical (unpaired) electrons. The van der Waals surface area contributed by atoms with Crippen molar-refractivity contribution in [1.82, 2.24) is 0 Å². The average molecular weight is 194 g/mol. The first kappa shape index (κ1) is 14.2. The van der Waals surface area contributed by atoms with Crippen molar-refractivity contribution < 1.29 is 13.3 Å². The molecule has 68 valence electrons. The molecule has 0 bridgehead atoms. The summed E-state index contributed by atoms with van der Waals surface area (Å²) in [6.45, 7) is 7.86. The highest BCUT2D eigenvalue weighted by Gasteiger charge is 2.11. The second-order valence-corrected chi connectivity index (χ2v) is 3.23. The molecule has 0 amide bonds. The SMILES string of the molecule is CCO[SiH](OCC)OCC.[AlH3]. The van der Waals surface area contributed by atoms with Crippen molar-refractivity contribution in [3.63, 3.8) is 0 Å². The van der Waals surface area contributed by atoms with Gasteiger partial charge in [0.05, 0.1) is 0 Å². The molecule has 0 heterocycles. The van der Waals surface area contributed by atoms with Crippen LogP contribution in [0.15, 0.2) is 0 Å². The van der Waals surface area contributed by atoms with Crippen LogP contribution in [-0.2, 0) is 13.3 Å². The van der Waals surface area contributed by atoms with E-state index in [0.29, 0.717) is 19.8 Å². The third-order valence-electron chi connectivity index (χ3n) is 0.908. The number of hydrogen-bond donors (Lipinski definition) is 0. The van der Waals surface area contributed by atoms with E-state index in [0.717, 1.165) is 0 Å². The van der Waals surface area contributed by atoms with Gasteiger partial charge in [0.1, 0.15) is 0 Å². The molecule has 0 aliphatic heterocycles. The van der Waals surface area contributed by atoms with Gasteiger partial charge in [-0.1, -0.05) is 0 Å². The summed E-state index contributed by atoms with van der Waals surface area (Å²) in [6, 6.07) is 0. The summed E-state index contributed by atoms with van der Waals surface area (Å²) < 4.78 is 15.7. The van der Waals surface area contributed by atoms with Crippen molar-refractivity contribution in [3.05, 3.63) is 0 Å². The first-order valence-corrected chi connectivity index (χ1v) is 5.11. The van der Waals surface area contributed by atoms with Gasteiger partial charge in [0.25, 0.3) is 0 Å². The van der Waals surface area contributed by atoms with Gasteiger partial charge in [-0.3, -0.25) is 0 Å². The standard InChI is InChI=1S/C6H16O3Si.Al.3H/c1-4-7-10(8-5-2)9-6-3;;;;/h10H,4-6H2,1-3H3;;;;. The zero-order valence-corrected chi connectivity index (χ0v) is 8.08. The summed E-state index contributed by atoms with van der Waals surface area (Å²) in [6.07, 6.45) is 0. The summed E-state index contributed by atoms with van der Waals surface area (Å²) in [4.78, 5) is 0. The van der Waals surface area contributed by atoms with Crippen LogP contribution in [0.1, 0.15) is 20.8 Å². The van der Waals surface area contributed by atoms with E-state index in [-0.39, 0.29) is 17.4 Å². The van der Waals surface area contributed by atoms with Crippen molar-refractivity contribution in [3.8, 4) is 0 Å². The molecule has 0 aliphatic rings. The summed E-state index contributed by atoms with van der Waals surface area (Å²) in [7, 11) is -1.73. The Kier molecular flexibility index (Phi) is 13.7. The molecular formula is C6H19AlO3Si. The van der Waals surface area contributed by atoms with Crippen molar-refractivity contribution in [2.75, 3.05) is 19.8 Å². The van der Waals surface area contributed by atoms with Crippen LogP contribution in [0.5, 0.6) is 0 Å². The summed E-state index contributed by atoms with van der Waals surface area (Å²) in [5, 5.41) is 0. The molecule has 3 nitrogen and oxygen atoms in total. The first-order chi connectivity index (χ1) is 4.85. The zero-order valence-electron chi connectivity index (χ0n) is 6.92. The molecule has 0 aromatic rings. The smallest absolute Gasteiger partial charge is 0.376 e. The monoisotopic (exact) mass is 194 g/mol. The molecular weight excluding hydrogens is 175 g/mol. The molecule has 0 fully saturated rings. The highest BCUT2D eigenvalue weighted by Crippen LogP contribution is 1.90. The summed E-state index contributed by atoms with van der Waals surface area (Å²) in [5.41, 5.74) is 0. The molecule has 11 heavy (non-hydrogen) atoms. The third kappa shape index (κ3) is 8.54. The zero-order chi connectivity index (χ0) is 7.82. The van der Waals surface area contributed by atoms with Crippen LogP contribution in [0.2, 0.25) is 0 Å². The van der Waals surface area contributed by atoms with Gasteiger partial charge in [-0.25, -0.2) is 0 Å². The van der Waals surface area contributed by atoms with Crippen molar-refractivity contribution in [1.29, 1.82) is 0 Å². The summed E-state index contributed by atoms with van der Waals surface area (Å²) in [5.74, 6) is 0. The Morgan fingerprint density at radius 1 is 0.818 bits per heavy atom. The molecule has 0 atom stereocenters. The van der Waals surface area contributed by atoms with Crippen LogP contribution in [0.4, 0.5) is 0 Å². The van der Waals surface area contributed by atoms with E-state index in [1.54, 1.807) is 0 Å². The maximum atomic E-state index is 5.22. The fraction of sp³-hybridized carbons (Fsp3) is 1.00. The largest absolute Gasteiger partial charge is 0.484 e. The predicted molar refractivity (Wildman–Crippen MR) is 52.0 cm³/mol. The van der Waals surface area contributed by atoms with Gasteiger partial charge in [-0.05, 0) is 20.8 Å². The number of hydrogen-bond acceptors (Lipinski definition) is 3. The van der Waals surface area contributed by atoms with Crippen LogP contribution >= 0.6 is 0 Å². The van der Waals surface area contributed by atoms with Crippen molar-refractivity contribution >= 4 is 26.9 Å². The maximum Gasteiger partial charge on any atom is 0.484 e. The van der Waals surface area contributed by atoms with Crippen LogP contribution in [-0.4, -0.2) is 46.7 Å². The van der Waals surface area contributed by atoms with E-state index in [4.69, 9.17) is 13.3 Å². The molecule has 0 aromatic carbocycles. The fourth-order valence-corrected chi connectivity index (χ4v) is 1.66. The van der Waals surface area contributed by atoms with Gasteiger partial charge >= 0.3 is 9.53 Å². The third-order valence-corrected chi connectivity index (χ3v) is 2.72. The lowest BCUT2D eigenvalue weighted by Crippen LogP contribution is -2.27. The Balaban J connectivity index is 0. The normalized spacial score (nSPS) is 9.82. The highest BCUT2D eigenvalue weighted by atomic mass is 28.3. The molecule has 0 spiro atoms. The van der Waals surface area contributed by atoms with Crippen LogP contribution in [0.25, 0.3) is 0 Å². The Morgan fingerprint density at radius 2 is 1.09 bits per heavy atom. The number of rotatable bonds is 6. The fourth-order valence-electron chi connectivity index (χ4n) is 0.553. The lowest BCUT2D eigenvalue weighted by atomic mass is 10.9. The van der Waals surface area contributed by atoms with E-state index in [1.165, 1.54) is 0 Å². The van der Waals surface area contributed by atoms with E-state index in [1.807, 2.05) is 20.8 Å². The molecule has 0 saturated heterocycles. The van der Waals surface area contributed by atoms with Gasteiger partial charge in [0, 0.05) is 19.8 Å². The minimum Gasteiger partial charge on any atom is -0.376 e. The minimum absolute atomic E-state index is 0. The highest BCUT2D eigenvalue weighted by molar-refractivity contribution is 6.36. The van der Waals surface area contributed by atoms with Crippen molar-refractivity contribution in [2.45, 2.75) is 20.8 Å². The van der Waals surface area contributed by atoms with E-state index >= 15 is 0 Å². The van der Waals surface area contributed by atoms with Gasteiger partial charge in [0.15, 0.2) is 17.4 Å². The average Bonchev–Trinajstić information content (AvgIpc) is 1.90. The summed E-state index contributed by atoms with van der Waals surface area (Å²) >= 11 is 0. The predicted octanol–water partition coefficient (Wildman–Crippen LogP) is -0.371. The van der Waals surface area contributed by atoms with Gasteiger partial charge in [-0.2, -0.15) is 0 Å². The molecule has 5 heteroatoms. The van der Waals surface area contributed by atoms with Crippen LogP contribution in [0, 0.1) is 0 Å². The Labute approximate surface area is 81.1 Å². The van der Waals surface area contributed by atoms with E-state index in [9.17, 15) is 0 Å². The Morgan fingerprint density at radius 3 is 1.27 bits per heavy atom. The first-order valence-electron chi connectivity index (χ1n) is 3.69. The topological polar surface area (TPSA) is 27.7 Å².